The minimum Gasteiger partial charge on any atom is -0.394 e. The molecule has 0 aliphatic carbocycles. The molecule has 0 bridgehead atoms. The van der Waals surface area contributed by atoms with E-state index in [2.05, 4.69) is 10.6 Å². The Kier molecular flexibility index (Phi) is 5.95. The third-order valence-corrected chi connectivity index (χ3v) is 2.65. The molecule has 1 unspecified atom stereocenters. The zero-order valence-corrected chi connectivity index (χ0v) is 10.6. The van der Waals surface area contributed by atoms with E-state index in [9.17, 15) is 14.0 Å². The van der Waals surface area contributed by atoms with Gasteiger partial charge in [-0.25, -0.2) is 4.39 Å². The van der Waals surface area contributed by atoms with Gasteiger partial charge in [0, 0.05) is 12.1 Å². The van der Waals surface area contributed by atoms with E-state index in [1.54, 1.807) is 19.1 Å². The van der Waals surface area contributed by atoms with Crippen molar-refractivity contribution in [3.63, 3.8) is 0 Å². The number of hydrogen-bond donors (Lipinski definition) is 3. The van der Waals surface area contributed by atoms with Crippen molar-refractivity contribution in [3.05, 3.63) is 35.6 Å². The summed E-state index contributed by atoms with van der Waals surface area (Å²) in [6.45, 7) is 1.48. The van der Waals surface area contributed by atoms with Gasteiger partial charge >= 0.3 is 11.8 Å². The fourth-order valence-corrected chi connectivity index (χ4v) is 1.43. The number of hydrogen-bond acceptors (Lipinski definition) is 3. The van der Waals surface area contributed by atoms with Gasteiger partial charge in [-0.2, -0.15) is 0 Å². The Morgan fingerprint density at radius 3 is 2.58 bits per heavy atom. The Balaban J connectivity index is 2.47. The van der Waals surface area contributed by atoms with E-state index in [4.69, 9.17) is 5.11 Å². The van der Waals surface area contributed by atoms with Crippen molar-refractivity contribution in [1.82, 2.24) is 10.6 Å². The van der Waals surface area contributed by atoms with Gasteiger partial charge < -0.3 is 15.7 Å². The van der Waals surface area contributed by atoms with Gasteiger partial charge in [0.15, 0.2) is 0 Å². The molecule has 0 saturated heterocycles. The predicted octanol–water partition coefficient (Wildman–Crippen LogP) is 0.329. The zero-order chi connectivity index (χ0) is 14.3. The SMILES string of the molecule is CCC(CO)NC(=O)C(=O)NCc1ccccc1F. The molecular formula is C13H17FN2O3. The third-order valence-electron chi connectivity index (χ3n) is 2.65. The molecule has 0 spiro atoms. The highest BCUT2D eigenvalue weighted by atomic mass is 19.1. The van der Waals surface area contributed by atoms with Gasteiger partial charge in [-0.3, -0.25) is 9.59 Å². The van der Waals surface area contributed by atoms with Gasteiger partial charge in [0.25, 0.3) is 0 Å². The number of aliphatic hydroxyl groups excluding tert-OH is 1. The minimum absolute atomic E-state index is 0.0607. The quantitative estimate of drug-likeness (QED) is 0.673. The van der Waals surface area contributed by atoms with Crippen LogP contribution in [0, 0.1) is 5.82 Å². The van der Waals surface area contributed by atoms with Crippen molar-refractivity contribution < 1.29 is 19.1 Å². The average molecular weight is 268 g/mol. The molecule has 19 heavy (non-hydrogen) atoms. The number of nitrogens with one attached hydrogen (secondary N) is 2. The van der Waals surface area contributed by atoms with Crippen molar-refractivity contribution in [3.8, 4) is 0 Å². The Morgan fingerprint density at radius 2 is 2.00 bits per heavy atom. The van der Waals surface area contributed by atoms with Crippen LogP contribution in [0.5, 0.6) is 0 Å². The van der Waals surface area contributed by atoms with Crippen LogP contribution in [0.4, 0.5) is 4.39 Å². The van der Waals surface area contributed by atoms with E-state index in [1.165, 1.54) is 12.1 Å². The molecule has 6 heteroatoms. The lowest BCUT2D eigenvalue weighted by atomic mass is 10.2. The molecule has 0 aliphatic heterocycles. The molecule has 2 amide bonds. The zero-order valence-electron chi connectivity index (χ0n) is 10.6. The standard InChI is InChI=1S/C13H17FN2O3/c1-2-10(8-17)16-13(19)12(18)15-7-9-5-3-4-6-11(9)14/h3-6,10,17H,2,7-8H2,1H3,(H,15,18)(H,16,19). The summed E-state index contributed by atoms with van der Waals surface area (Å²) in [6.07, 6.45) is 0.517. The summed E-state index contributed by atoms with van der Waals surface area (Å²) in [5.74, 6) is -2.13. The number of carbonyl (C=O) groups excluding carboxylic acids is 2. The molecule has 0 heterocycles. The Bertz CT molecular complexity index is 447. The van der Waals surface area contributed by atoms with Gasteiger partial charge in [0.2, 0.25) is 0 Å². The van der Waals surface area contributed by atoms with Crippen molar-refractivity contribution in [2.24, 2.45) is 0 Å². The molecular weight excluding hydrogens is 251 g/mol. The minimum atomic E-state index is -0.852. The van der Waals surface area contributed by atoms with Gasteiger partial charge in [-0.15, -0.1) is 0 Å². The number of amides is 2. The van der Waals surface area contributed by atoms with Crippen LogP contribution in [0.3, 0.4) is 0 Å². The lowest BCUT2D eigenvalue weighted by Gasteiger charge is -2.13. The summed E-state index contributed by atoms with van der Waals surface area (Å²) in [5.41, 5.74) is 0.304. The first-order chi connectivity index (χ1) is 9.08. The topological polar surface area (TPSA) is 78.4 Å². The first-order valence-electron chi connectivity index (χ1n) is 6.01. The average Bonchev–Trinajstić information content (AvgIpc) is 2.43. The van der Waals surface area contributed by atoms with E-state index in [-0.39, 0.29) is 13.2 Å². The first kappa shape index (κ1) is 15.1. The molecule has 1 rings (SSSR count). The maximum atomic E-state index is 13.3. The number of rotatable bonds is 5. The largest absolute Gasteiger partial charge is 0.394 e. The van der Waals surface area contributed by atoms with Crippen LogP contribution in [0.2, 0.25) is 0 Å². The highest BCUT2D eigenvalue weighted by Gasteiger charge is 2.17. The number of aliphatic hydroxyl groups is 1. The first-order valence-corrected chi connectivity index (χ1v) is 6.01. The van der Waals surface area contributed by atoms with Gasteiger partial charge in [-0.05, 0) is 12.5 Å². The van der Waals surface area contributed by atoms with Crippen molar-refractivity contribution in [2.45, 2.75) is 25.9 Å². The van der Waals surface area contributed by atoms with Crippen molar-refractivity contribution in [2.75, 3.05) is 6.61 Å². The third kappa shape index (κ3) is 4.67. The molecule has 0 fully saturated rings. The van der Waals surface area contributed by atoms with Gasteiger partial charge in [0.1, 0.15) is 5.82 Å². The van der Waals surface area contributed by atoms with E-state index >= 15 is 0 Å². The summed E-state index contributed by atoms with van der Waals surface area (Å²) in [5, 5.41) is 13.6. The molecule has 104 valence electrons. The number of halogens is 1. The predicted molar refractivity (Wildman–Crippen MR) is 67.6 cm³/mol. The molecule has 1 aromatic rings. The summed E-state index contributed by atoms with van der Waals surface area (Å²) < 4.78 is 13.3. The molecule has 1 atom stereocenters. The Labute approximate surface area is 110 Å². The fraction of sp³-hybridized carbons (Fsp3) is 0.385. The van der Waals surface area contributed by atoms with Crippen LogP contribution in [0.15, 0.2) is 24.3 Å². The van der Waals surface area contributed by atoms with Crippen LogP contribution in [-0.4, -0.2) is 29.6 Å². The van der Waals surface area contributed by atoms with Crippen LogP contribution in [0.1, 0.15) is 18.9 Å². The molecule has 0 aromatic heterocycles. The van der Waals surface area contributed by atoms with Gasteiger partial charge in [-0.1, -0.05) is 25.1 Å². The van der Waals surface area contributed by atoms with E-state index in [1.807, 2.05) is 0 Å². The summed E-state index contributed by atoms with van der Waals surface area (Å²) in [6, 6.07) is 5.53. The van der Waals surface area contributed by atoms with Crippen LogP contribution in [-0.2, 0) is 16.1 Å². The van der Waals surface area contributed by atoms with E-state index in [0.29, 0.717) is 12.0 Å². The molecule has 0 saturated carbocycles. The fourth-order valence-electron chi connectivity index (χ4n) is 1.43. The molecule has 1 aromatic carbocycles. The molecule has 3 N–H and O–H groups in total. The molecule has 0 aliphatic rings. The number of carbonyl (C=O) groups is 2. The van der Waals surface area contributed by atoms with Crippen LogP contribution >= 0.6 is 0 Å². The number of benzene rings is 1. The normalized spacial score (nSPS) is 11.7. The second kappa shape index (κ2) is 7.48. The van der Waals surface area contributed by atoms with Gasteiger partial charge in [0.05, 0.1) is 12.6 Å². The van der Waals surface area contributed by atoms with E-state index < -0.39 is 23.7 Å². The lowest BCUT2D eigenvalue weighted by molar-refractivity contribution is -0.139. The second-order valence-corrected chi connectivity index (χ2v) is 4.04. The summed E-state index contributed by atoms with van der Waals surface area (Å²) >= 11 is 0. The summed E-state index contributed by atoms with van der Waals surface area (Å²) in [4.78, 5) is 22.9. The smallest absolute Gasteiger partial charge is 0.309 e. The lowest BCUT2D eigenvalue weighted by Crippen LogP contribution is -2.45. The highest BCUT2D eigenvalue weighted by Crippen LogP contribution is 2.05. The Hall–Kier alpha value is -1.95. The molecule has 5 nitrogen and oxygen atoms in total. The highest BCUT2D eigenvalue weighted by molar-refractivity contribution is 6.35. The van der Waals surface area contributed by atoms with Crippen molar-refractivity contribution >= 4 is 11.8 Å². The maximum Gasteiger partial charge on any atom is 0.309 e. The Morgan fingerprint density at radius 1 is 1.32 bits per heavy atom. The molecule has 0 radical (unpaired) electrons. The van der Waals surface area contributed by atoms with E-state index in [0.717, 1.165) is 0 Å². The second-order valence-electron chi connectivity index (χ2n) is 4.04. The van der Waals surface area contributed by atoms with Crippen LogP contribution < -0.4 is 10.6 Å². The maximum absolute atomic E-state index is 13.3. The monoisotopic (exact) mass is 268 g/mol. The summed E-state index contributed by atoms with van der Waals surface area (Å²) in [7, 11) is 0. The van der Waals surface area contributed by atoms with Crippen molar-refractivity contribution in [1.29, 1.82) is 0 Å². The van der Waals surface area contributed by atoms with Crippen LogP contribution in [0.25, 0.3) is 0 Å².